The molecule has 3 rings (SSSR count). The molecule has 4 heteroatoms. The normalized spacial score (nSPS) is 26.2. The highest BCUT2D eigenvalue weighted by molar-refractivity contribution is 6.09. The van der Waals surface area contributed by atoms with Crippen molar-refractivity contribution in [1.29, 1.82) is 0 Å². The van der Waals surface area contributed by atoms with Gasteiger partial charge < -0.3 is 5.11 Å². The molecule has 1 spiro atoms. The van der Waals surface area contributed by atoms with Crippen molar-refractivity contribution < 1.29 is 14.7 Å². The van der Waals surface area contributed by atoms with Crippen molar-refractivity contribution in [1.82, 2.24) is 4.90 Å². The molecule has 0 radical (unpaired) electrons. The van der Waals surface area contributed by atoms with Gasteiger partial charge in [-0.25, -0.2) is 0 Å². The van der Waals surface area contributed by atoms with Crippen LogP contribution in [0.15, 0.2) is 24.3 Å². The molecule has 1 aromatic rings. The van der Waals surface area contributed by atoms with Crippen LogP contribution in [-0.4, -0.2) is 35.0 Å². The van der Waals surface area contributed by atoms with Crippen LogP contribution in [0, 0.1) is 0 Å². The van der Waals surface area contributed by atoms with Gasteiger partial charge in [0.05, 0.1) is 18.6 Å². The molecular weight excluding hydrogens is 230 g/mol. The molecule has 94 valence electrons. The van der Waals surface area contributed by atoms with Gasteiger partial charge >= 0.3 is 0 Å². The smallest absolute Gasteiger partial charge is 0.240 e. The lowest BCUT2D eigenvalue weighted by Crippen LogP contribution is -2.38. The van der Waals surface area contributed by atoms with Gasteiger partial charge in [-0.1, -0.05) is 24.3 Å². The maximum absolute atomic E-state index is 12.5. The molecule has 0 aromatic heterocycles. The van der Waals surface area contributed by atoms with Gasteiger partial charge in [0, 0.05) is 6.42 Å². The Balaban J connectivity index is 2.04. The van der Waals surface area contributed by atoms with E-state index in [2.05, 4.69) is 0 Å². The van der Waals surface area contributed by atoms with E-state index >= 15 is 0 Å². The van der Waals surface area contributed by atoms with E-state index in [0.717, 1.165) is 12.0 Å². The number of imide groups is 1. The SMILES string of the molecule is O=C1C[C@]2(CCc3ccccc32)C(=O)N1CCO. The van der Waals surface area contributed by atoms with Gasteiger partial charge in [-0.2, -0.15) is 0 Å². The number of amides is 2. The van der Waals surface area contributed by atoms with Crippen LogP contribution in [0.5, 0.6) is 0 Å². The minimum atomic E-state index is -0.650. The maximum atomic E-state index is 12.5. The highest BCUT2D eigenvalue weighted by Gasteiger charge is 2.54. The van der Waals surface area contributed by atoms with Crippen LogP contribution in [0.1, 0.15) is 24.0 Å². The van der Waals surface area contributed by atoms with Gasteiger partial charge in [0.2, 0.25) is 11.8 Å². The lowest BCUT2D eigenvalue weighted by atomic mass is 9.80. The van der Waals surface area contributed by atoms with E-state index in [1.54, 1.807) is 0 Å². The van der Waals surface area contributed by atoms with Crippen LogP contribution in [0.3, 0.4) is 0 Å². The predicted octanol–water partition coefficient (Wildman–Crippen LogP) is 0.622. The molecule has 2 amide bonds. The number of hydrogen-bond acceptors (Lipinski definition) is 3. The number of nitrogens with zero attached hydrogens (tertiary/aromatic N) is 1. The lowest BCUT2D eigenvalue weighted by molar-refractivity contribution is -0.140. The minimum absolute atomic E-state index is 0.113. The van der Waals surface area contributed by atoms with Crippen molar-refractivity contribution in [2.45, 2.75) is 24.7 Å². The highest BCUT2D eigenvalue weighted by atomic mass is 16.3. The monoisotopic (exact) mass is 245 g/mol. The van der Waals surface area contributed by atoms with Gasteiger partial charge in [0.1, 0.15) is 0 Å². The molecule has 2 aliphatic rings. The van der Waals surface area contributed by atoms with Crippen molar-refractivity contribution in [2.24, 2.45) is 0 Å². The summed E-state index contributed by atoms with van der Waals surface area (Å²) in [5, 5.41) is 8.94. The molecule has 1 heterocycles. The van der Waals surface area contributed by atoms with E-state index in [1.807, 2.05) is 24.3 Å². The van der Waals surface area contributed by atoms with Crippen LogP contribution in [0.2, 0.25) is 0 Å². The summed E-state index contributed by atoms with van der Waals surface area (Å²) in [6, 6.07) is 7.86. The Hall–Kier alpha value is -1.68. The first-order valence-electron chi connectivity index (χ1n) is 6.23. The zero-order chi connectivity index (χ0) is 12.8. The fourth-order valence-electron chi connectivity index (χ4n) is 3.22. The van der Waals surface area contributed by atoms with Crippen LogP contribution in [0.4, 0.5) is 0 Å². The van der Waals surface area contributed by atoms with E-state index in [-0.39, 0.29) is 31.4 Å². The van der Waals surface area contributed by atoms with Crippen LogP contribution in [0.25, 0.3) is 0 Å². The van der Waals surface area contributed by atoms with E-state index in [0.29, 0.717) is 6.42 Å². The molecule has 0 bridgehead atoms. The number of aryl methyl sites for hydroxylation is 1. The average molecular weight is 245 g/mol. The standard InChI is InChI=1S/C14H15NO3/c16-8-7-15-12(17)9-14(13(15)18)6-5-10-3-1-2-4-11(10)14/h1-4,16H,5-9H2/t14-/m0/s1. The zero-order valence-electron chi connectivity index (χ0n) is 10.1. The molecule has 1 aliphatic carbocycles. The first kappa shape index (κ1) is 11.4. The molecule has 4 nitrogen and oxygen atoms in total. The first-order chi connectivity index (χ1) is 8.69. The Bertz CT molecular complexity index is 526. The Morgan fingerprint density at radius 2 is 2.06 bits per heavy atom. The number of carbonyl (C=O) groups excluding carboxylic acids is 2. The van der Waals surface area contributed by atoms with Crippen molar-refractivity contribution >= 4 is 11.8 Å². The summed E-state index contributed by atoms with van der Waals surface area (Å²) in [4.78, 5) is 25.6. The fraction of sp³-hybridized carbons (Fsp3) is 0.429. The van der Waals surface area contributed by atoms with Crippen LogP contribution >= 0.6 is 0 Å². The van der Waals surface area contributed by atoms with Gasteiger partial charge in [0.15, 0.2) is 0 Å². The van der Waals surface area contributed by atoms with Crippen molar-refractivity contribution in [2.75, 3.05) is 13.2 Å². The highest BCUT2D eigenvalue weighted by Crippen LogP contribution is 2.46. The molecule has 1 aromatic carbocycles. The molecule has 1 fully saturated rings. The Labute approximate surface area is 105 Å². The Kier molecular flexibility index (Phi) is 2.48. The molecule has 18 heavy (non-hydrogen) atoms. The third kappa shape index (κ3) is 1.35. The molecule has 0 saturated carbocycles. The molecule has 1 aliphatic heterocycles. The second-order valence-electron chi connectivity index (χ2n) is 4.99. The summed E-state index contributed by atoms with van der Waals surface area (Å²) in [5.41, 5.74) is 1.52. The van der Waals surface area contributed by atoms with Crippen LogP contribution < -0.4 is 0 Å². The lowest BCUT2D eigenvalue weighted by Gasteiger charge is -2.22. The second-order valence-corrected chi connectivity index (χ2v) is 4.99. The van der Waals surface area contributed by atoms with Gasteiger partial charge in [0.25, 0.3) is 0 Å². The van der Waals surface area contributed by atoms with E-state index in [4.69, 9.17) is 5.11 Å². The second kappa shape index (κ2) is 3.92. The summed E-state index contributed by atoms with van der Waals surface area (Å²) >= 11 is 0. The maximum Gasteiger partial charge on any atom is 0.240 e. The Morgan fingerprint density at radius 1 is 1.28 bits per heavy atom. The first-order valence-corrected chi connectivity index (χ1v) is 6.23. The molecule has 1 saturated heterocycles. The topological polar surface area (TPSA) is 57.6 Å². The molecule has 1 atom stereocenters. The Morgan fingerprint density at radius 3 is 2.83 bits per heavy atom. The van der Waals surface area contributed by atoms with E-state index < -0.39 is 5.41 Å². The third-order valence-corrected chi connectivity index (χ3v) is 4.09. The predicted molar refractivity (Wildman–Crippen MR) is 64.9 cm³/mol. The third-order valence-electron chi connectivity index (χ3n) is 4.09. The number of hydrogen-bond donors (Lipinski definition) is 1. The largest absolute Gasteiger partial charge is 0.395 e. The summed E-state index contributed by atoms with van der Waals surface area (Å²) < 4.78 is 0. The minimum Gasteiger partial charge on any atom is -0.395 e. The number of rotatable bonds is 2. The van der Waals surface area contributed by atoms with Crippen LogP contribution in [-0.2, 0) is 21.4 Å². The molecular formula is C14H15NO3. The van der Waals surface area contributed by atoms with Gasteiger partial charge in [-0.3, -0.25) is 14.5 Å². The van der Waals surface area contributed by atoms with Crippen molar-refractivity contribution in [3.05, 3.63) is 35.4 Å². The quantitative estimate of drug-likeness (QED) is 0.777. The van der Waals surface area contributed by atoms with Crippen molar-refractivity contribution in [3.63, 3.8) is 0 Å². The number of carbonyl (C=O) groups is 2. The number of likely N-dealkylation sites (tertiary alicyclic amines) is 1. The fourth-order valence-corrected chi connectivity index (χ4v) is 3.22. The average Bonchev–Trinajstić information content (AvgIpc) is 2.86. The number of aliphatic hydroxyl groups excluding tert-OH is 1. The summed E-state index contributed by atoms with van der Waals surface area (Å²) in [7, 11) is 0. The zero-order valence-corrected chi connectivity index (χ0v) is 10.1. The summed E-state index contributed by atoms with van der Waals surface area (Å²) in [6.07, 6.45) is 1.81. The number of β-amino-alcohol motifs (C(OH)–C–C–N with tert-alkyl or cyclic N) is 1. The number of benzene rings is 1. The van der Waals surface area contributed by atoms with E-state index in [9.17, 15) is 9.59 Å². The molecule has 0 unspecified atom stereocenters. The number of aliphatic hydroxyl groups is 1. The summed E-state index contributed by atoms with van der Waals surface area (Å²) in [5.74, 6) is -0.294. The van der Waals surface area contributed by atoms with Gasteiger partial charge in [-0.05, 0) is 24.0 Å². The van der Waals surface area contributed by atoms with Gasteiger partial charge in [-0.15, -0.1) is 0 Å². The van der Waals surface area contributed by atoms with Crippen molar-refractivity contribution in [3.8, 4) is 0 Å². The summed E-state index contributed by atoms with van der Waals surface area (Å²) in [6.45, 7) is -0.0587. The number of fused-ring (bicyclic) bond motifs is 2. The molecule has 1 N–H and O–H groups in total. The van der Waals surface area contributed by atoms with E-state index in [1.165, 1.54) is 10.5 Å².